The van der Waals surface area contributed by atoms with Crippen LogP contribution in [-0.4, -0.2) is 110 Å². The molecule has 0 amide bonds. The zero-order valence-corrected chi connectivity index (χ0v) is 1.12. The van der Waals surface area contributed by atoms with Gasteiger partial charge in [0.15, 0.2) is 0 Å². The third kappa shape index (κ3) is 8.87. The minimum absolute atomic E-state index is 0. The van der Waals surface area contributed by atoms with Gasteiger partial charge in [0.1, 0.15) is 6.79 Å². The molecule has 3 heteroatoms. The molecular weight excluding hydrogens is 106 g/mol. The Kier molecular flexibility index (Phi) is 66.1. The molecule has 0 aromatic carbocycles. The molecule has 0 N–H and O–H groups in total. The zero-order valence-electron chi connectivity index (χ0n) is 1.12. The van der Waals surface area contributed by atoms with Crippen LogP contribution in [0.2, 0.25) is 0 Å². The van der Waals surface area contributed by atoms with E-state index in [1.807, 2.05) is 6.79 Å². The number of rotatable bonds is 0. The maximum atomic E-state index is 8.00. The van der Waals surface area contributed by atoms with Gasteiger partial charge in [-0.25, -0.2) is 0 Å². The van der Waals surface area contributed by atoms with Crippen LogP contribution in [0.3, 0.4) is 0 Å². The van der Waals surface area contributed by atoms with E-state index in [0.29, 0.717) is 0 Å². The van der Waals surface area contributed by atoms with Crippen LogP contribution in [0, 0.1) is 0 Å². The summed E-state index contributed by atoms with van der Waals surface area (Å²) < 4.78 is 0. The molecule has 1 nitrogen and oxygen atoms in total. The van der Waals surface area contributed by atoms with E-state index >= 15 is 0 Å². The Balaban J connectivity index is -0.00000000500. The van der Waals surface area contributed by atoms with Crippen molar-refractivity contribution >= 4 is 110 Å². The van der Waals surface area contributed by atoms with E-state index < -0.39 is 0 Å². The molecule has 0 atom stereocenters. The van der Waals surface area contributed by atoms with Gasteiger partial charge in [0, 0.05) is 0 Å². The van der Waals surface area contributed by atoms with Gasteiger partial charge in [-0.3, -0.25) is 0 Å². The Hall–Kier alpha value is 2.94. The van der Waals surface area contributed by atoms with Gasteiger partial charge in [0.2, 0.25) is 0 Å². The molecule has 0 aliphatic rings. The van der Waals surface area contributed by atoms with Crippen LogP contribution in [-0.2, 0) is 4.79 Å². The van der Waals surface area contributed by atoms with Crippen molar-refractivity contribution in [2.24, 2.45) is 0 Å². The topological polar surface area (TPSA) is 17.1 Å². The second kappa shape index (κ2) is 16.8. The van der Waals surface area contributed by atoms with E-state index in [-0.39, 0.29) is 103 Å². The SMILES string of the molecule is C=O.[KH].[KH]. The van der Waals surface area contributed by atoms with E-state index in [2.05, 4.69) is 0 Å². The zero-order chi connectivity index (χ0) is 2.00. The molecule has 0 unspecified atom stereocenters. The van der Waals surface area contributed by atoms with Crippen molar-refractivity contribution in [1.82, 2.24) is 0 Å². The molecule has 0 spiro atoms. The number of carbonyl (C=O) groups is 1. The Morgan fingerprint density at radius 2 is 1.00 bits per heavy atom. The van der Waals surface area contributed by atoms with Crippen LogP contribution in [0.1, 0.15) is 0 Å². The average Bonchev–Trinajstić information content (AvgIpc) is 1.00. The molecule has 0 saturated heterocycles. The van der Waals surface area contributed by atoms with Gasteiger partial charge >= 0.3 is 103 Å². The molecule has 0 saturated carbocycles. The third-order valence-corrected chi connectivity index (χ3v) is 0. The summed E-state index contributed by atoms with van der Waals surface area (Å²) in [6.45, 7) is 2.00. The third-order valence-electron chi connectivity index (χ3n) is 0. The van der Waals surface area contributed by atoms with Gasteiger partial charge in [-0.05, 0) is 0 Å². The molecule has 0 radical (unpaired) electrons. The van der Waals surface area contributed by atoms with Crippen LogP contribution in [0.4, 0.5) is 0 Å². The number of hydrogen-bond donors (Lipinski definition) is 0. The first-order valence-corrected chi connectivity index (χ1v) is 0.289. The minimum atomic E-state index is 0. The van der Waals surface area contributed by atoms with Crippen LogP contribution in [0.5, 0.6) is 0 Å². The second-order valence-electron chi connectivity index (χ2n) is 0. The fraction of sp³-hybridized carbons (Fsp3) is 0. The first-order valence-electron chi connectivity index (χ1n) is 0.289. The van der Waals surface area contributed by atoms with Crippen molar-refractivity contribution in [2.45, 2.75) is 0 Å². The Labute approximate surface area is 111 Å². The van der Waals surface area contributed by atoms with Gasteiger partial charge < -0.3 is 4.79 Å². The molecule has 4 heavy (non-hydrogen) atoms. The summed E-state index contributed by atoms with van der Waals surface area (Å²) in [4.78, 5) is 8.00. The summed E-state index contributed by atoms with van der Waals surface area (Å²) in [5, 5.41) is 0. The van der Waals surface area contributed by atoms with Gasteiger partial charge in [0.05, 0.1) is 0 Å². The van der Waals surface area contributed by atoms with Crippen molar-refractivity contribution in [3.63, 3.8) is 0 Å². The van der Waals surface area contributed by atoms with E-state index in [0.717, 1.165) is 0 Å². The Morgan fingerprint density at radius 3 is 1.00 bits per heavy atom. The molecular formula is CH4K2O. The first kappa shape index (κ1) is 15.8. The molecule has 0 aliphatic carbocycles. The summed E-state index contributed by atoms with van der Waals surface area (Å²) in [5.74, 6) is 0. The summed E-state index contributed by atoms with van der Waals surface area (Å²) in [6, 6.07) is 0. The molecule has 16 valence electrons. The Morgan fingerprint density at radius 1 is 1.00 bits per heavy atom. The number of hydrogen-bond acceptors (Lipinski definition) is 1. The molecule has 0 heterocycles. The predicted octanol–water partition coefficient (Wildman–Crippen LogP) is -1.48. The molecule has 0 fully saturated rings. The van der Waals surface area contributed by atoms with Crippen LogP contribution in [0.25, 0.3) is 0 Å². The van der Waals surface area contributed by atoms with Crippen molar-refractivity contribution < 1.29 is 4.79 Å². The van der Waals surface area contributed by atoms with E-state index in [4.69, 9.17) is 4.79 Å². The molecule has 0 bridgehead atoms. The first-order chi connectivity index (χ1) is 1.00. The summed E-state index contributed by atoms with van der Waals surface area (Å²) >= 11 is 0. The van der Waals surface area contributed by atoms with Crippen molar-refractivity contribution in [1.29, 1.82) is 0 Å². The molecule has 0 aromatic heterocycles. The van der Waals surface area contributed by atoms with Crippen molar-refractivity contribution in [2.75, 3.05) is 0 Å². The molecule has 0 aliphatic heterocycles. The fourth-order valence-corrected chi connectivity index (χ4v) is 0. The van der Waals surface area contributed by atoms with Crippen molar-refractivity contribution in [3.8, 4) is 0 Å². The summed E-state index contributed by atoms with van der Waals surface area (Å²) in [5.41, 5.74) is 0. The Bertz CT molecular complexity index is 6.00. The summed E-state index contributed by atoms with van der Waals surface area (Å²) in [6.07, 6.45) is 0. The number of carbonyl (C=O) groups excluding carboxylic acids is 1. The quantitative estimate of drug-likeness (QED) is 0.348. The second-order valence-corrected chi connectivity index (χ2v) is 0. The van der Waals surface area contributed by atoms with E-state index in [1.165, 1.54) is 0 Å². The molecule has 0 aromatic rings. The van der Waals surface area contributed by atoms with E-state index in [1.54, 1.807) is 0 Å². The van der Waals surface area contributed by atoms with Crippen LogP contribution in [0.15, 0.2) is 0 Å². The van der Waals surface area contributed by atoms with Crippen LogP contribution < -0.4 is 0 Å². The normalized spacial score (nSPS) is 1.00. The van der Waals surface area contributed by atoms with E-state index in [9.17, 15) is 0 Å². The average molecular weight is 110 g/mol. The van der Waals surface area contributed by atoms with Gasteiger partial charge in [-0.1, -0.05) is 0 Å². The van der Waals surface area contributed by atoms with Gasteiger partial charge in [-0.2, -0.15) is 0 Å². The van der Waals surface area contributed by atoms with Gasteiger partial charge in [0.25, 0.3) is 0 Å². The monoisotopic (exact) mass is 110 g/mol. The standard InChI is InChI=1S/CH2O.2K.2H/c1-2;;;;/h1H2;;;;. The maximum absolute atomic E-state index is 8.00. The van der Waals surface area contributed by atoms with Crippen LogP contribution >= 0.6 is 0 Å². The van der Waals surface area contributed by atoms with Crippen molar-refractivity contribution in [3.05, 3.63) is 0 Å². The predicted molar refractivity (Wildman–Crippen MR) is 21.4 cm³/mol. The van der Waals surface area contributed by atoms with Gasteiger partial charge in [-0.15, -0.1) is 0 Å². The summed E-state index contributed by atoms with van der Waals surface area (Å²) in [7, 11) is 0. The molecule has 0 rings (SSSR count). The fourth-order valence-electron chi connectivity index (χ4n) is 0.